The lowest BCUT2D eigenvalue weighted by molar-refractivity contribution is 0.385. The molecular formula is C20H21FN6O. The number of aryl methyl sites for hydroxylation is 2. The van der Waals surface area contributed by atoms with Crippen molar-refractivity contribution >= 4 is 16.7 Å². The zero-order valence-electron chi connectivity index (χ0n) is 16.1. The number of hydrogen-bond acceptors (Lipinski definition) is 5. The van der Waals surface area contributed by atoms with Crippen LogP contribution in [0.3, 0.4) is 0 Å². The van der Waals surface area contributed by atoms with Gasteiger partial charge in [-0.05, 0) is 57.7 Å². The molecule has 28 heavy (non-hydrogen) atoms. The number of nitrogens with zero attached hydrogens (tertiary/aromatic N) is 6. The van der Waals surface area contributed by atoms with Crippen LogP contribution in [0.1, 0.15) is 12.1 Å². The molecule has 3 heterocycles. The molecule has 0 radical (unpaired) electrons. The van der Waals surface area contributed by atoms with E-state index in [0.29, 0.717) is 17.7 Å². The SMILES string of the molecule is Cc1nn2c(nnc3c(=O)n(CCCN(C)C)ccc32)c1-c1ccc(F)cc1. The first kappa shape index (κ1) is 18.2. The summed E-state index contributed by atoms with van der Waals surface area (Å²) in [6.07, 6.45) is 2.64. The van der Waals surface area contributed by atoms with Crippen LogP contribution in [0.15, 0.2) is 41.3 Å². The summed E-state index contributed by atoms with van der Waals surface area (Å²) in [5.74, 6) is -0.302. The predicted octanol–water partition coefficient (Wildman–Crippen LogP) is 2.51. The van der Waals surface area contributed by atoms with Gasteiger partial charge in [-0.25, -0.2) is 8.91 Å². The van der Waals surface area contributed by atoms with Gasteiger partial charge in [0.15, 0.2) is 11.2 Å². The van der Waals surface area contributed by atoms with Gasteiger partial charge in [-0.1, -0.05) is 12.1 Å². The third-order valence-electron chi connectivity index (χ3n) is 4.76. The molecule has 1 aromatic carbocycles. The van der Waals surface area contributed by atoms with Crippen LogP contribution >= 0.6 is 0 Å². The topological polar surface area (TPSA) is 68.3 Å². The fourth-order valence-corrected chi connectivity index (χ4v) is 3.38. The number of halogens is 1. The van der Waals surface area contributed by atoms with Gasteiger partial charge in [-0.2, -0.15) is 5.10 Å². The maximum Gasteiger partial charge on any atom is 0.280 e. The first-order chi connectivity index (χ1) is 13.5. The van der Waals surface area contributed by atoms with Crippen molar-refractivity contribution in [3.05, 3.63) is 58.4 Å². The molecule has 0 bridgehead atoms. The molecule has 3 aromatic heterocycles. The second-order valence-electron chi connectivity index (χ2n) is 7.11. The van der Waals surface area contributed by atoms with E-state index in [9.17, 15) is 9.18 Å². The highest BCUT2D eigenvalue weighted by molar-refractivity contribution is 5.84. The van der Waals surface area contributed by atoms with Gasteiger partial charge >= 0.3 is 0 Å². The minimum absolute atomic E-state index is 0.179. The Balaban J connectivity index is 1.82. The van der Waals surface area contributed by atoms with Crippen LogP contribution in [0.4, 0.5) is 4.39 Å². The Bertz CT molecular complexity index is 1210. The summed E-state index contributed by atoms with van der Waals surface area (Å²) in [5, 5.41) is 13.0. The molecular weight excluding hydrogens is 359 g/mol. The largest absolute Gasteiger partial charge is 0.313 e. The van der Waals surface area contributed by atoms with Crippen molar-refractivity contribution in [2.75, 3.05) is 20.6 Å². The fraction of sp³-hybridized carbons (Fsp3) is 0.300. The number of aromatic nitrogens is 5. The van der Waals surface area contributed by atoms with E-state index in [-0.39, 0.29) is 16.9 Å². The van der Waals surface area contributed by atoms with Crippen LogP contribution in [-0.2, 0) is 6.54 Å². The highest BCUT2D eigenvalue weighted by Crippen LogP contribution is 2.28. The number of rotatable bonds is 5. The van der Waals surface area contributed by atoms with Crippen molar-refractivity contribution in [2.45, 2.75) is 19.9 Å². The summed E-state index contributed by atoms with van der Waals surface area (Å²) >= 11 is 0. The Morgan fingerprint density at radius 1 is 1.11 bits per heavy atom. The van der Waals surface area contributed by atoms with Crippen molar-refractivity contribution in [2.24, 2.45) is 0 Å². The molecule has 0 saturated carbocycles. The summed E-state index contributed by atoms with van der Waals surface area (Å²) in [6.45, 7) is 3.38. The fourth-order valence-electron chi connectivity index (χ4n) is 3.38. The Morgan fingerprint density at radius 2 is 1.86 bits per heavy atom. The lowest BCUT2D eigenvalue weighted by Gasteiger charge is -2.11. The van der Waals surface area contributed by atoms with Crippen LogP contribution in [0, 0.1) is 12.7 Å². The van der Waals surface area contributed by atoms with Crippen molar-refractivity contribution in [3.8, 4) is 11.1 Å². The molecule has 0 spiro atoms. The maximum atomic E-state index is 13.3. The highest BCUT2D eigenvalue weighted by Gasteiger charge is 2.17. The van der Waals surface area contributed by atoms with E-state index in [0.717, 1.165) is 29.8 Å². The number of benzene rings is 1. The van der Waals surface area contributed by atoms with Crippen LogP contribution in [0.2, 0.25) is 0 Å². The van der Waals surface area contributed by atoms with Gasteiger partial charge in [0.25, 0.3) is 5.56 Å². The molecule has 144 valence electrons. The van der Waals surface area contributed by atoms with Crippen LogP contribution in [0.25, 0.3) is 27.8 Å². The molecule has 7 nitrogen and oxygen atoms in total. The first-order valence-electron chi connectivity index (χ1n) is 9.11. The average Bonchev–Trinajstić information content (AvgIpc) is 3.00. The zero-order chi connectivity index (χ0) is 19.8. The molecule has 0 aliphatic carbocycles. The predicted molar refractivity (Wildman–Crippen MR) is 106 cm³/mol. The van der Waals surface area contributed by atoms with Crippen LogP contribution in [0.5, 0.6) is 0 Å². The molecule has 0 atom stereocenters. The monoisotopic (exact) mass is 380 g/mol. The molecule has 0 aliphatic heterocycles. The molecule has 0 N–H and O–H groups in total. The van der Waals surface area contributed by atoms with Crippen molar-refractivity contribution in [3.63, 3.8) is 0 Å². The quantitative estimate of drug-likeness (QED) is 0.532. The molecule has 0 amide bonds. The summed E-state index contributed by atoms with van der Waals surface area (Å²) < 4.78 is 16.6. The first-order valence-corrected chi connectivity index (χ1v) is 9.11. The van der Waals surface area contributed by atoms with Gasteiger partial charge in [0, 0.05) is 12.7 Å². The van der Waals surface area contributed by atoms with E-state index >= 15 is 0 Å². The van der Waals surface area contributed by atoms with Gasteiger partial charge < -0.3 is 9.47 Å². The van der Waals surface area contributed by atoms with Crippen molar-refractivity contribution in [1.82, 2.24) is 29.3 Å². The van der Waals surface area contributed by atoms with Gasteiger partial charge in [-0.3, -0.25) is 4.79 Å². The third-order valence-corrected chi connectivity index (χ3v) is 4.76. The summed E-state index contributed by atoms with van der Waals surface area (Å²) in [4.78, 5) is 14.9. The molecule has 4 rings (SSSR count). The molecule has 0 fully saturated rings. The minimum atomic E-state index is -0.302. The average molecular weight is 380 g/mol. The minimum Gasteiger partial charge on any atom is -0.313 e. The Hall–Kier alpha value is -3.13. The number of hydrogen-bond donors (Lipinski definition) is 0. The summed E-state index contributed by atoms with van der Waals surface area (Å²) in [7, 11) is 4.01. The normalized spacial score (nSPS) is 11.8. The van der Waals surface area contributed by atoms with E-state index in [1.165, 1.54) is 12.1 Å². The van der Waals surface area contributed by atoms with E-state index in [4.69, 9.17) is 0 Å². The van der Waals surface area contributed by atoms with Crippen molar-refractivity contribution < 1.29 is 4.39 Å². The Kier molecular flexibility index (Phi) is 4.64. The van der Waals surface area contributed by atoms with E-state index < -0.39 is 0 Å². The highest BCUT2D eigenvalue weighted by atomic mass is 19.1. The van der Waals surface area contributed by atoms with E-state index in [2.05, 4.69) is 20.2 Å². The standard InChI is InChI=1S/C20H21FN6O/c1-13-17(14-5-7-15(21)8-6-14)19-23-22-18-16(27(19)24-13)9-12-26(20(18)28)11-4-10-25(2)3/h5-9,12H,4,10-11H2,1-3H3. The summed E-state index contributed by atoms with van der Waals surface area (Å²) in [5.41, 5.74) is 3.58. The lowest BCUT2D eigenvalue weighted by Crippen LogP contribution is -2.24. The zero-order valence-corrected chi connectivity index (χ0v) is 16.1. The lowest BCUT2D eigenvalue weighted by atomic mass is 10.1. The molecule has 8 heteroatoms. The van der Waals surface area contributed by atoms with E-state index in [1.807, 2.05) is 27.1 Å². The van der Waals surface area contributed by atoms with Gasteiger partial charge in [0.05, 0.1) is 11.3 Å². The van der Waals surface area contributed by atoms with Gasteiger partial charge in [-0.15, -0.1) is 10.2 Å². The maximum absolute atomic E-state index is 13.3. The van der Waals surface area contributed by atoms with Gasteiger partial charge in [0.2, 0.25) is 0 Å². The van der Waals surface area contributed by atoms with Gasteiger partial charge in [0.1, 0.15) is 11.3 Å². The number of pyridine rings is 1. The Labute approximate surface area is 161 Å². The second kappa shape index (κ2) is 7.12. The second-order valence-corrected chi connectivity index (χ2v) is 7.11. The third kappa shape index (κ3) is 3.16. The molecule has 0 saturated heterocycles. The number of fused-ring (bicyclic) bond motifs is 3. The van der Waals surface area contributed by atoms with Crippen LogP contribution < -0.4 is 5.56 Å². The Morgan fingerprint density at radius 3 is 2.57 bits per heavy atom. The van der Waals surface area contributed by atoms with E-state index in [1.54, 1.807) is 27.4 Å². The molecule has 0 aliphatic rings. The van der Waals surface area contributed by atoms with Crippen molar-refractivity contribution in [1.29, 1.82) is 0 Å². The molecule has 0 unspecified atom stereocenters. The summed E-state index contributed by atoms with van der Waals surface area (Å²) in [6, 6.07) is 8.02. The van der Waals surface area contributed by atoms with Crippen LogP contribution in [-0.4, -0.2) is 49.9 Å². The molecule has 4 aromatic rings. The smallest absolute Gasteiger partial charge is 0.280 e.